The van der Waals surface area contributed by atoms with Crippen LogP contribution in [0.1, 0.15) is 16.8 Å². The molecule has 0 aliphatic carbocycles. The van der Waals surface area contributed by atoms with Crippen LogP contribution < -0.4 is 4.74 Å². The van der Waals surface area contributed by atoms with Crippen LogP contribution in [0.15, 0.2) is 48.5 Å². The van der Waals surface area contributed by atoms with Gasteiger partial charge in [-0.15, -0.1) is 0 Å². The molecule has 4 rings (SSSR count). The van der Waals surface area contributed by atoms with E-state index in [-0.39, 0.29) is 0 Å². The standard InChI is InChI=1S/C21H24N2O/c1-22-12-10-19-18-9-8-17(24-15-16-6-4-3-5-7-16)14-21(18)23(2)20(19)11-13-22/h3-9,14H,10-13,15H2,1-2H3. The topological polar surface area (TPSA) is 17.4 Å². The van der Waals surface area contributed by atoms with Gasteiger partial charge in [-0.1, -0.05) is 30.3 Å². The molecule has 0 saturated heterocycles. The second-order valence-corrected chi connectivity index (χ2v) is 6.74. The summed E-state index contributed by atoms with van der Waals surface area (Å²) in [6, 6.07) is 16.9. The number of benzene rings is 2. The van der Waals surface area contributed by atoms with Crippen LogP contribution in [-0.4, -0.2) is 29.6 Å². The van der Waals surface area contributed by atoms with Gasteiger partial charge >= 0.3 is 0 Å². The molecular formula is C21H24N2O. The second-order valence-electron chi connectivity index (χ2n) is 6.74. The number of nitrogens with zero attached hydrogens (tertiary/aromatic N) is 2. The summed E-state index contributed by atoms with van der Waals surface area (Å²) in [5.41, 5.74) is 5.49. The van der Waals surface area contributed by atoms with Gasteiger partial charge in [-0.2, -0.15) is 0 Å². The molecule has 0 fully saturated rings. The molecule has 3 nitrogen and oxygen atoms in total. The quantitative estimate of drug-likeness (QED) is 0.730. The summed E-state index contributed by atoms with van der Waals surface area (Å²) >= 11 is 0. The predicted octanol–water partition coefficient (Wildman–Crippen LogP) is 3.79. The van der Waals surface area contributed by atoms with E-state index in [4.69, 9.17) is 4.74 Å². The zero-order valence-electron chi connectivity index (χ0n) is 14.5. The number of hydrogen-bond acceptors (Lipinski definition) is 2. The van der Waals surface area contributed by atoms with Crippen LogP contribution in [-0.2, 0) is 26.5 Å². The lowest BCUT2D eigenvalue weighted by Gasteiger charge is -2.12. The van der Waals surface area contributed by atoms with Crippen LogP contribution in [0.25, 0.3) is 10.9 Å². The molecule has 1 aliphatic heterocycles. The first-order valence-corrected chi connectivity index (χ1v) is 8.68. The molecule has 2 aromatic carbocycles. The van der Waals surface area contributed by atoms with Gasteiger partial charge in [0, 0.05) is 43.7 Å². The molecule has 2 heterocycles. The van der Waals surface area contributed by atoms with Gasteiger partial charge in [-0.05, 0) is 36.7 Å². The summed E-state index contributed by atoms with van der Waals surface area (Å²) in [4.78, 5) is 2.42. The second kappa shape index (κ2) is 6.33. The summed E-state index contributed by atoms with van der Waals surface area (Å²) in [5.74, 6) is 0.944. The Hall–Kier alpha value is -2.26. The van der Waals surface area contributed by atoms with Gasteiger partial charge in [-0.25, -0.2) is 0 Å². The number of hydrogen-bond donors (Lipinski definition) is 0. The molecule has 124 valence electrons. The van der Waals surface area contributed by atoms with Crippen molar-refractivity contribution in [3.8, 4) is 5.75 Å². The third-order valence-corrected chi connectivity index (χ3v) is 5.13. The molecule has 0 saturated carbocycles. The molecule has 0 spiro atoms. The molecule has 0 radical (unpaired) electrons. The fourth-order valence-electron chi connectivity index (χ4n) is 3.69. The van der Waals surface area contributed by atoms with Crippen molar-refractivity contribution in [1.29, 1.82) is 0 Å². The fourth-order valence-corrected chi connectivity index (χ4v) is 3.69. The van der Waals surface area contributed by atoms with Crippen LogP contribution in [0.4, 0.5) is 0 Å². The van der Waals surface area contributed by atoms with Gasteiger partial charge in [0.15, 0.2) is 0 Å². The van der Waals surface area contributed by atoms with Crippen molar-refractivity contribution in [2.45, 2.75) is 19.4 Å². The van der Waals surface area contributed by atoms with Gasteiger partial charge in [0.05, 0.1) is 5.52 Å². The number of fused-ring (bicyclic) bond motifs is 3. The minimum absolute atomic E-state index is 0.612. The Morgan fingerprint density at radius 3 is 2.58 bits per heavy atom. The summed E-state index contributed by atoms with van der Waals surface area (Å²) < 4.78 is 8.37. The van der Waals surface area contributed by atoms with E-state index in [0.717, 1.165) is 31.7 Å². The van der Waals surface area contributed by atoms with E-state index in [1.807, 2.05) is 18.2 Å². The van der Waals surface area contributed by atoms with E-state index in [1.54, 1.807) is 0 Å². The highest BCUT2D eigenvalue weighted by molar-refractivity contribution is 5.87. The summed E-state index contributed by atoms with van der Waals surface area (Å²) in [6.45, 7) is 2.88. The van der Waals surface area contributed by atoms with Crippen LogP contribution in [0.3, 0.4) is 0 Å². The van der Waals surface area contributed by atoms with Crippen LogP contribution in [0.2, 0.25) is 0 Å². The minimum Gasteiger partial charge on any atom is -0.489 e. The van der Waals surface area contributed by atoms with Crippen molar-refractivity contribution in [1.82, 2.24) is 9.47 Å². The van der Waals surface area contributed by atoms with Crippen LogP contribution >= 0.6 is 0 Å². The first-order valence-electron chi connectivity index (χ1n) is 8.68. The molecule has 3 heteroatoms. The normalized spacial score (nSPS) is 15.2. The van der Waals surface area contributed by atoms with Crippen LogP contribution in [0, 0.1) is 0 Å². The SMILES string of the molecule is CN1CCc2c(n(C)c3cc(OCc4ccccc4)ccc23)CC1. The van der Waals surface area contributed by atoms with Crippen molar-refractivity contribution in [3.63, 3.8) is 0 Å². The molecule has 0 N–H and O–H groups in total. The molecule has 0 amide bonds. The average Bonchev–Trinajstić information content (AvgIpc) is 2.75. The van der Waals surface area contributed by atoms with Gasteiger partial charge in [0.25, 0.3) is 0 Å². The zero-order valence-corrected chi connectivity index (χ0v) is 14.5. The highest BCUT2D eigenvalue weighted by atomic mass is 16.5. The molecule has 3 aromatic rings. The lowest BCUT2D eigenvalue weighted by molar-refractivity contribution is 0.306. The van der Waals surface area contributed by atoms with Gasteiger partial charge < -0.3 is 14.2 Å². The largest absolute Gasteiger partial charge is 0.489 e. The van der Waals surface area contributed by atoms with Gasteiger partial charge in [-0.3, -0.25) is 0 Å². The first kappa shape index (κ1) is 15.3. The van der Waals surface area contributed by atoms with E-state index in [2.05, 4.69) is 53.9 Å². The van der Waals surface area contributed by atoms with E-state index in [1.165, 1.54) is 27.7 Å². The average molecular weight is 320 g/mol. The van der Waals surface area contributed by atoms with E-state index >= 15 is 0 Å². The maximum Gasteiger partial charge on any atom is 0.121 e. The highest BCUT2D eigenvalue weighted by Crippen LogP contribution is 2.31. The Morgan fingerprint density at radius 1 is 0.958 bits per heavy atom. The smallest absolute Gasteiger partial charge is 0.121 e. The number of likely N-dealkylation sites (N-methyl/N-ethyl adjacent to an activating group) is 1. The molecule has 0 bridgehead atoms. The lowest BCUT2D eigenvalue weighted by Crippen LogP contribution is -2.21. The summed E-state index contributed by atoms with van der Waals surface area (Å²) in [7, 11) is 4.40. The Balaban J connectivity index is 1.63. The third-order valence-electron chi connectivity index (χ3n) is 5.13. The summed E-state index contributed by atoms with van der Waals surface area (Å²) in [5, 5.41) is 1.38. The molecule has 1 aromatic heterocycles. The van der Waals surface area contributed by atoms with Crippen molar-refractivity contribution < 1.29 is 4.74 Å². The number of rotatable bonds is 3. The number of aromatic nitrogens is 1. The molecule has 0 atom stereocenters. The van der Waals surface area contributed by atoms with Crippen molar-refractivity contribution >= 4 is 10.9 Å². The van der Waals surface area contributed by atoms with E-state index < -0.39 is 0 Å². The first-order chi connectivity index (χ1) is 11.7. The highest BCUT2D eigenvalue weighted by Gasteiger charge is 2.19. The van der Waals surface area contributed by atoms with Crippen LogP contribution in [0.5, 0.6) is 5.75 Å². The van der Waals surface area contributed by atoms with Crippen molar-refractivity contribution in [2.24, 2.45) is 7.05 Å². The van der Waals surface area contributed by atoms with Gasteiger partial charge in [0.2, 0.25) is 0 Å². The van der Waals surface area contributed by atoms with Gasteiger partial charge in [0.1, 0.15) is 12.4 Å². The van der Waals surface area contributed by atoms with Crippen molar-refractivity contribution in [3.05, 3.63) is 65.4 Å². The Bertz CT molecular complexity index is 851. The number of aryl methyl sites for hydroxylation is 1. The summed E-state index contributed by atoms with van der Waals surface area (Å²) in [6.07, 6.45) is 2.25. The Labute approximate surface area is 143 Å². The monoisotopic (exact) mass is 320 g/mol. The minimum atomic E-state index is 0.612. The van der Waals surface area contributed by atoms with E-state index in [0.29, 0.717) is 6.61 Å². The third kappa shape index (κ3) is 2.80. The molecule has 24 heavy (non-hydrogen) atoms. The lowest BCUT2D eigenvalue weighted by atomic mass is 10.1. The Morgan fingerprint density at radius 2 is 1.75 bits per heavy atom. The molecule has 1 aliphatic rings. The van der Waals surface area contributed by atoms with Crippen molar-refractivity contribution in [2.75, 3.05) is 20.1 Å². The molecular weight excluding hydrogens is 296 g/mol. The van der Waals surface area contributed by atoms with E-state index in [9.17, 15) is 0 Å². The molecule has 0 unspecified atom stereocenters. The number of ether oxygens (including phenoxy) is 1. The zero-order chi connectivity index (χ0) is 16.5. The maximum absolute atomic E-state index is 6.01. The fraction of sp³-hybridized carbons (Fsp3) is 0.333. The maximum atomic E-state index is 6.01. The Kier molecular flexibility index (Phi) is 4.03. The predicted molar refractivity (Wildman–Crippen MR) is 98.6 cm³/mol.